The number of hydrogen-bond acceptors (Lipinski definition) is 3. The molecule has 98 valence electrons. The largest absolute Gasteiger partial charge is 0.419 e. The van der Waals surface area contributed by atoms with E-state index in [9.17, 15) is 13.2 Å². The summed E-state index contributed by atoms with van der Waals surface area (Å²) >= 11 is 1.47. The summed E-state index contributed by atoms with van der Waals surface area (Å²) in [5, 5.41) is 5.66. The SMILES string of the molecule is Cc1ccsc1C(CN)n1cc(C(F)(F)F)cn1. The fraction of sp³-hybridized carbons (Fsp3) is 0.364. The lowest BCUT2D eigenvalue weighted by molar-refractivity contribution is -0.137. The van der Waals surface area contributed by atoms with Gasteiger partial charge in [0.05, 0.1) is 17.8 Å². The van der Waals surface area contributed by atoms with Crippen LogP contribution in [0.25, 0.3) is 0 Å². The van der Waals surface area contributed by atoms with Crippen molar-refractivity contribution in [3.8, 4) is 0 Å². The first-order chi connectivity index (χ1) is 8.43. The van der Waals surface area contributed by atoms with Crippen LogP contribution in [0, 0.1) is 6.92 Å². The minimum atomic E-state index is -4.37. The molecule has 0 bridgehead atoms. The van der Waals surface area contributed by atoms with Gasteiger partial charge in [-0.2, -0.15) is 18.3 Å². The van der Waals surface area contributed by atoms with Crippen LogP contribution in [0.2, 0.25) is 0 Å². The standard InChI is InChI=1S/C11H12F3N3S/c1-7-2-3-18-10(7)9(4-15)17-6-8(5-16-17)11(12,13)14/h2-3,5-6,9H,4,15H2,1H3. The van der Waals surface area contributed by atoms with E-state index in [1.165, 1.54) is 16.0 Å². The first-order valence-electron chi connectivity index (χ1n) is 5.29. The molecular weight excluding hydrogens is 263 g/mol. The van der Waals surface area contributed by atoms with Crippen LogP contribution in [0.5, 0.6) is 0 Å². The number of aromatic nitrogens is 2. The smallest absolute Gasteiger partial charge is 0.328 e. The van der Waals surface area contributed by atoms with Gasteiger partial charge in [-0.3, -0.25) is 4.68 Å². The number of nitrogens with zero attached hydrogens (tertiary/aromatic N) is 2. The highest BCUT2D eigenvalue weighted by Gasteiger charge is 2.33. The van der Waals surface area contributed by atoms with Crippen LogP contribution in [0.1, 0.15) is 22.0 Å². The number of hydrogen-bond donors (Lipinski definition) is 1. The lowest BCUT2D eigenvalue weighted by Gasteiger charge is -2.15. The Morgan fingerprint density at radius 1 is 1.50 bits per heavy atom. The molecule has 2 heterocycles. The molecular formula is C11H12F3N3S. The maximum atomic E-state index is 12.5. The number of thiophene rings is 1. The fourth-order valence-electron chi connectivity index (χ4n) is 1.72. The van der Waals surface area contributed by atoms with Gasteiger partial charge in [0.15, 0.2) is 0 Å². The van der Waals surface area contributed by atoms with Crippen molar-refractivity contribution in [2.75, 3.05) is 6.54 Å². The van der Waals surface area contributed by atoms with Gasteiger partial charge in [-0.05, 0) is 23.9 Å². The Bertz CT molecular complexity index is 530. The molecule has 0 saturated heterocycles. The third-order valence-corrected chi connectivity index (χ3v) is 3.80. The second-order valence-corrected chi connectivity index (χ2v) is 4.87. The van der Waals surface area contributed by atoms with Gasteiger partial charge in [0, 0.05) is 17.6 Å². The summed E-state index contributed by atoms with van der Waals surface area (Å²) in [5.41, 5.74) is 5.91. The van der Waals surface area contributed by atoms with Gasteiger partial charge in [-0.15, -0.1) is 11.3 Å². The molecule has 18 heavy (non-hydrogen) atoms. The van der Waals surface area contributed by atoms with Crippen LogP contribution >= 0.6 is 11.3 Å². The number of alkyl halides is 3. The summed E-state index contributed by atoms with van der Waals surface area (Å²) < 4.78 is 38.8. The van der Waals surface area contributed by atoms with Crippen LogP contribution in [-0.4, -0.2) is 16.3 Å². The van der Waals surface area contributed by atoms with Crippen molar-refractivity contribution in [3.63, 3.8) is 0 Å². The Kier molecular flexibility index (Phi) is 3.45. The van der Waals surface area contributed by atoms with Gasteiger partial charge in [0.25, 0.3) is 0 Å². The van der Waals surface area contributed by atoms with Gasteiger partial charge >= 0.3 is 6.18 Å². The van der Waals surface area contributed by atoms with E-state index in [0.29, 0.717) is 0 Å². The quantitative estimate of drug-likeness (QED) is 0.936. The second-order valence-electron chi connectivity index (χ2n) is 3.93. The zero-order valence-electron chi connectivity index (χ0n) is 9.61. The lowest BCUT2D eigenvalue weighted by Crippen LogP contribution is -2.20. The molecule has 0 saturated carbocycles. The Labute approximate surface area is 106 Å². The molecule has 2 N–H and O–H groups in total. The maximum absolute atomic E-state index is 12.5. The molecule has 1 unspecified atom stereocenters. The molecule has 0 spiro atoms. The average Bonchev–Trinajstić information content (AvgIpc) is 2.89. The van der Waals surface area contributed by atoms with Crippen LogP contribution < -0.4 is 5.73 Å². The third kappa shape index (κ3) is 2.41. The second kappa shape index (κ2) is 4.74. The molecule has 7 heteroatoms. The minimum absolute atomic E-state index is 0.209. The molecule has 2 aromatic heterocycles. The first-order valence-corrected chi connectivity index (χ1v) is 6.17. The van der Waals surface area contributed by atoms with E-state index in [0.717, 1.165) is 22.8 Å². The fourth-order valence-corrected chi connectivity index (χ4v) is 2.75. The van der Waals surface area contributed by atoms with Crippen molar-refractivity contribution < 1.29 is 13.2 Å². The molecule has 0 aliphatic rings. The van der Waals surface area contributed by atoms with Crippen molar-refractivity contribution in [1.29, 1.82) is 0 Å². The van der Waals surface area contributed by atoms with Gasteiger partial charge in [-0.1, -0.05) is 0 Å². The summed E-state index contributed by atoms with van der Waals surface area (Å²) in [5.74, 6) is 0. The highest BCUT2D eigenvalue weighted by Crippen LogP contribution is 2.31. The minimum Gasteiger partial charge on any atom is -0.328 e. The molecule has 0 radical (unpaired) electrons. The van der Waals surface area contributed by atoms with Crippen LogP contribution in [0.15, 0.2) is 23.8 Å². The average molecular weight is 275 g/mol. The number of halogens is 3. The van der Waals surface area contributed by atoms with Crippen LogP contribution in [0.4, 0.5) is 13.2 Å². The molecule has 2 aromatic rings. The summed E-state index contributed by atoms with van der Waals surface area (Å²) in [6.07, 6.45) is -2.55. The van der Waals surface area contributed by atoms with Crippen molar-refractivity contribution in [2.24, 2.45) is 5.73 Å². The summed E-state index contributed by atoms with van der Waals surface area (Å²) in [6.45, 7) is 2.11. The molecule has 0 amide bonds. The summed E-state index contributed by atoms with van der Waals surface area (Å²) in [7, 11) is 0. The monoisotopic (exact) mass is 275 g/mol. The van der Waals surface area contributed by atoms with E-state index >= 15 is 0 Å². The van der Waals surface area contributed by atoms with Gasteiger partial charge in [-0.25, -0.2) is 0 Å². The molecule has 0 aliphatic carbocycles. The summed E-state index contributed by atoms with van der Waals surface area (Å²) in [6, 6.07) is 1.57. The molecule has 0 fully saturated rings. The maximum Gasteiger partial charge on any atom is 0.419 e. The zero-order chi connectivity index (χ0) is 13.3. The van der Waals surface area contributed by atoms with Crippen molar-refractivity contribution in [1.82, 2.24) is 9.78 Å². The lowest BCUT2D eigenvalue weighted by atomic mass is 10.2. The highest BCUT2D eigenvalue weighted by atomic mass is 32.1. The van der Waals surface area contributed by atoms with E-state index in [4.69, 9.17) is 5.73 Å². The zero-order valence-corrected chi connectivity index (χ0v) is 10.4. The van der Waals surface area contributed by atoms with E-state index in [-0.39, 0.29) is 12.6 Å². The number of rotatable bonds is 3. The first kappa shape index (κ1) is 13.1. The molecule has 3 nitrogen and oxygen atoms in total. The summed E-state index contributed by atoms with van der Waals surface area (Å²) in [4.78, 5) is 0.939. The van der Waals surface area contributed by atoms with Crippen LogP contribution in [-0.2, 0) is 6.18 Å². The van der Waals surface area contributed by atoms with Gasteiger partial charge < -0.3 is 5.73 Å². The predicted molar refractivity (Wildman–Crippen MR) is 63.5 cm³/mol. The van der Waals surface area contributed by atoms with Gasteiger partial charge in [0.2, 0.25) is 0 Å². The Morgan fingerprint density at radius 3 is 2.67 bits per heavy atom. The van der Waals surface area contributed by atoms with E-state index < -0.39 is 11.7 Å². The Morgan fingerprint density at radius 2 is 2.22 bits per heavy atom. The number of aryl methyl sites for hydroxylation is 1. The van der Waals surface area contributed by atoms with Crippen molar-refractivity contribution >= 4 is 11.3 Å². The van der Waals surface area contributed by atoms with Crippen LogP contribution in [0.3, 0.4) is 0 Å². The Hall–Kier alpha value is -1.34. The van der Waals surface area contributed by atoms with Crippen molar-refractivity contribution in [3.05, 3.63) is 39.8 Å². The molecule has 2 rings (SSSR count). The Balaban J connectivity index is 2.35. The highest BCUT2D eigenvalue weighted by molar-refractivity contribution is 7.10. The molecule has 0 aromatic carbocycles. The molecule has 1 atom stereocenters. The topological polar surface area (TPSA) is 43.8 Å². The third-order valence-electron chi connectivity index (χ3n) is 2.68. The van der Waals surface area contributed by atoms with Crippen molar-refractivity contribution in [2.45, 2.75) is 19.1 Å². The predicted octanol–water partition coefficient (Wildman–Crippen LogP) is 2.82. The van der Waals surface area contributed by atoms with Gasteiger partial charge in [0.1, 0.15) is 0 Å². The normalized spacial score (nSPS) is 13.8. The number of nitrogens with two attached hydrogens (primary N) is 1. The molecule has 0 aliphatic heterocycles. The van der Waals surface area contributed by atoms with E-state index in [1.807, 2.05) is 18.4 Å². The van der Waals surface area contributed by atoms with E-state index in [1.54, 1.807) is 0 Å². The van der Waals surface area contributed by atoms with E-state index in [2.05, 4.69) is 5.10 Å².